The van der Waals surface area contributed by atoms with Crippen LogP contribution in [0.1, 0.15) is 16.1 Å². The van der Waals surface area contributed by atoms with Gasteiger partial charge in [0, 0.05) is 17.3 Å². The molecule has 2 heterocycles. The van der Waals surface area contributed by atoms with Crippen molar-refractivity contribution < 1.29 is 9.90 Å². The molecule has 9 nitrogen and oxygen atoms in total. The minimum Gasteiger partial charge on any atom is -0.507 e. The number of para-hydroxylation sites is 1. The Balaban J connectivity index is 1.65. The second kappa shape index (κ2) is 7.69. The maximum absolute atomic E-state index is 12.5. The quantitative estimate of drug-likeness (QED) is 0.362. The highest BCUT2D eigenvalue weighted by atomic mass is 16.3. The molecule has 0 aliphatic heterocycles. The van der Waals surface area contributed by atoms with Crippen LogP contribution in [0.15, 0.2) is 70.7 Å². The summed E-state index contributed by atoms with van der Waals surface area (Å²) >= 11 is 0. The van der Waals surface area contributed by atoms with Crippen LogP contribution < -0.4 is 11.0 Å². The van der Waals surface area contributed by atoms with Gasteiger partial charge in [0.15, 0.2) is 11.5 Å². The number of nitrogens with zero attached hydrogens (tertiary/aromatic N) is 4. The van der Waals surface area contributed by atoms with Crippen LogP contribution in [0.5, 0.6) is 5.75 Å². The van der Waals surface area contributed by atoms with E-state index in [0.717, 1.165) is 5.56 Å². The number of carbonyl (C=O) groups is 1. The summed E-state index contributed by atoms with van der Waals surface area (Å²) in [6, 6.07) is 15.7. The number of aromatic nitrogens is 4. The number of aromatic amines is 1. The summed E-state index contributed by atoms with van der Waals surface area (Å²) in [5, 5.41) is 19.8. The average molecular weight is 386 g/mol. The maximum Gasteiger partial charge on any atom is 0.292 e. The van der Waals surface area contributed by atoms with Gasteiger partial charge in [-0.25, -0.2) is 20.5 Å². The molecule has 0 saturated carbocycles. The van der Waals surface area contributed by atoms with Crippen molar-refractivity contribution in [1.82, 2.24) is 25.6 Å². The second-order valence-electron chi connectivity index (χ2n) is 5.98. The monoisotopic (exact) mass is 386 g/mol. The van der Waals surface area contributed by atoms with Gasteiger partial charge < -0.3 is 5.11 Å². The summed E-state index contributed by atoms with van der Waals surface area (Å²) in [4.78, 5) is 33.2. The van der Waals surface area contributed by atoms with Crippen molar-refractivity contribution >= 4 is 23.0 Å². The number of hydrogen-bond acceptors (Lipinski definition) is 7. The van der Waals surface area contributed by atoms with Gasteiger partial charge in [-0.05, 0) is 12.1 Å². The zero-order chi connectivity index (χ0) is 20.2. The third kappa shape index (κ3) is 3.69. The number of phenols is 1. The summed E-state index contributed by atoms with van der Waals surface area (Å²) in [6.45, 7) is 0. The summed E-state index contributed by atoms with van der Waals surface area (Å²) in [5.74, 6) is -0.271. The number of amides is 1. The molecule has 0 spiro atoms. The SMILES string of the molecule is O=C(N/N=C/c1ccccc1O)c1n[nH]c(=O)c2nc(-c3ccccc3)ncc12. The van der Waals surface area contributed by atoms with E-state index in [0.29, 0.717) is 11.4 Å². The van der Waals surface area contributed by atoms with E-state index in [1.165, 1.54) is 18.5 Å². The highest BCUT2D eigenvalue weighted by Crippen LogP contribution is 2.17. The molecule has 3 N–H and O–H groups in total. The van der Waals surface area contributed by atoms with Crippen LogP contribution in [0.2, 0.25) is 0 Å². The number of fused-ring (bicyclic) bond motifs is 1. The molecule has 0 atom stereocenters. The first-order valence-corrected chi connectivity index (χ1v) is 8.56. The largest absolute Gasteiger partial charge is 0.507 e. The Morgan fingerprint density at radius 1 is 1.10 bits per heavy atom. The van der Waals surface area contributed by atoms with Crippen molar-refractivity contribution in [2.45, 2.75) is 0 Å². The molecule has 2 aromatic heterocycles. The zero-order valence-corrected chi connectivity index (χ0v) is 14.9. The van der Waals surface area contributed by atoms with Crippen molar-refractivity contribution in [2.24, 2.45) is 5.10 Å². The Hall–Kier alpha value is -4.40. The lowest BCUT2D eigenvalue weighted by Crippen LogP contribution is -2.23. The van der Waals surface area contributed by atoms with Crippen molar-refractivity contribution in [3.63, 3.8) is 0 Å². The third-order valence-electron chi connectivity index (χ3n) is 4.08. The van der Waals surface area contributed by atoms with Crippen molar-refractivity contribution in [2.75, 3.05) is 0 Å². The number of nitrogens with one attached hydrogen (secondary N) is 2. The molecule has 1 amide bonds. The van der Waals surface area contributed by atoms with Gasteiger partial charge in [0.05, 0.1) is 11.6 Å². The highest BCUT2D eigenvalue weighted by molar-refractivity contribution is 6.04. The standard InChI is InChI=1S/C20H14N6O3/c27-15-9-5-4-8-13(15)10-22-25-20(29)17-14-11-21-18(12-6-2-1-3-7-12)23-16(14)19(28)26-24-17/h1-11,27H,(H,25,29)(H,26,28)/b22-10+. The van der Waals surface area contributed by atoms with Gasteiger partial charge in [0.2, 0.25) is 0 Å². The van der Waals surface area contributed by atoms with Crippen LogP contribution in [0, 0.1) is 0 Å². The van der Waals surface area contributed by atoms with Gasteiger partial charge in [-0.3, -0.25) is 9.59 Å². The Kier molecular flexibility index (Phi) is 4.77. The normalized spacial score (nSPS) is 11.0. The van der Waals surface area contributed by atoms with Gasteiger partial charge in [-0.2, -0.15) is 10.2 Å². The van der Waals surface area contributed by atoms with Crippen molar-refractivity contribution in [1.29, 1.82) is 0 Å². The van der Waals surface area contributed by atoms with E-state index in [1.807, 2.05) is 30.3 Å². The number of H-pyrrole nitrogens is 1. The van der Waals surface area contributed by atoms with Gasteiger partial charge in [-0.1, -0.05) is 42.5 Å². The van der Waals surface area contributed by atoms with Gasteiger partial charge in [-0.15, -0.1) is 0 Å². The van der Waals surface area contributed by atoms with Crippen LogP contribution in [-0.2, 0) is 0 Å². The van der Waals surface area contributed by atoms with Crippen LogP contribution in [0.4, 0.5) is 0 Å². The highest BCUT2D eigenvalue weighted by Gasteiger charge is 2.16. The lowest BCUT2D eigenvalue weighted by atomic mass is 10.2. The van der Waals surface area contributed by atoms with E-state index < -0.39 is 11.5 Å². The van der Waals surface area contributed by atoms with E-state index in [9.17, 15) is 14.7 Å². The first-order valence-electron chi connectivity index (χ1n) is 8.56. The van der Waals surface area contributed by atoms with Gasteiger partial charge in [0.1, 0.15) is 11.3 Å². The number of rotatable bonds is 4. The molecule has 29 heavy (non-hydrogen) atoms. The summed E-state index contributed by atoms with van der Waals surface area (Å²) in [7, 11) is 0. The number of aromatic hydroxyl groups is 1. The third-order valence-corrected chi connectivity index (χ3v) is 4.08. The molecule has 2 aromatic carbocycles. The van der Waals surface area contributed by atoms with Crippen molar-refractivity contribution in [3.05, 3.63) is 82.4 Å². The van der Waals surface area contributed by atoms with Crippen LogP contribution >= 0.6 is 0 Å². The van der Waals surface area contributed by atoms with E-state index in [2.05, 4.69) is 30.7 Å². The molecule has 4 aromatic rings. The number of benzene rings is 2. The molecular formula is C20H14N6O3. The molecule has 0 saturated heterocycles. The van der Waals surface area contributed by atoms with Crippen LogP contribution in [0.25, 0.3) is 22.3 Å². The van der Waals surface area contributed by atoms with Crippen LogP contribution in [0.3, 0.4) is 0 Å². The molecule has 0 aliphatic carbocycles. The number of phenolic OH excluding ortho intramolecular Hbond substituents is 1. The zero-order valence-electron chi connectivity index (χ0n) is 14.9. The number of hydrogen-bond donors (Lipinski definition) is 3. The molecule has 0 aliphatic rings. The molecule has 0 fully saturated rings. The Labute approximate surface area is 163 Å². The topological polar surface area (TPSA) is 133 Å². The Morgan fingerprint density at radius 2 is 1.86 bits per heavy atom. The molecule has 0 bridgehead atoms. The van der Waals surface area contributed by atoms with Gasteiger partial charge >= 0.3 is 0 Å². The second-order valence-corrected chi connectivity index (χ2v) is 5.98. The molecule has 0 unspecified atom stereocenters. The Bertz CT molecular complexity index is 1280. The smallest absolute Gasteiger partial charge is 0.292 e. The minimum absolute atomic E-state index is 0.0277. The first-order chi connectivity index (χ1) is 14.1. The maximum atomic E-state index is 12.5. The number of hydrazone groups is 1. The van der Waals surface area contributed by atoms with Gasteiger partial charge in [0.25, 0.3) is 11.5 Å². The fourth-order valence-corrected chi connectivity index (χ4v) is 2.66. The lowest BCUT2D eigenvalue weighted by Gasteiger charge is -2.05. The van der Waals surface area contributed by atoms with Crippen LogP contribution in [-0.4, -0.2) is 37.4 Å². The van der Waals surface area contributed by atoms with E-state index in [1.54, 1.807) is 18.2 Å². The summed E-state index contributed by atoms with van der Waals surface area (Å²) in [5.41, 5.74) is 2.92. The van der Waals surface area contributed by atoms with Crippen molar-refractivity contribution in [3.8, 4) is 17.1 Å². The molecule has 142 valence electrons. The van der Waals surface area contributed by atoms with E-state index in [4.69, 9.17) is 0 Å². The average Bonchev–Trinajstić information content (AvgIpc) is 2.76. The fourth-order valence-electron chi connectivity index (χ4n) is 2.66. The summed E-state index contributed by atoms with van der Waals surface area (Å²) in [6.07, 6.45) is 2.68. The molecule has 0 radical (unpaired) electrons. The lowest BCUT2D eigenvalue weighted by molar-refractivity contribution is 0.0951. The summed E-state index contributed by atoms with van der Waals surface area (Å²) < 4.78 is 0. The van der Waals surface area contributed by atoms with E-state index in [-0.39, 0.29) is 22.3 Å². The first kappa shape index (κ1) is 18.0. The molecule has 4 rings (SSSR count). The number of carbonyl (C=O) groups excluding carboxylic acids is 1. The fraction of sp³-hybridized carbons (Fsp3) is 0. The molecular weight excluding hydrogens is 372 g/mol. The molecule has 9 heteroatoms. The predicted molar refractivity (Wildman–Crippen MR) is 107 cm³/mol. The predicted octanol–water partition coefficient (Wildman–Crippen LogP) is 1.85. The Morgan fingerprint density at radius 3 is 2.66 bits per heavy atom. The van der Waals surface area contributed by atoms with E-state index >= 15 is 0 Å². The minimum atomic E-state index is -0.658.